The minimum Gasteiger partial charge on any atom is -0.481 e. The number of allylic oxidation sites excluding steroid dienone is 1. The summed E-state index contributed by atoms with van der Waals surface area (Å²) in [7, 11) is 0. The summed E-state index contributed by atoms with van der Waals surface area (Å²) in [5, 5.41) is 9.43. The predicted molar refractivity (Wildman–Crippen MR) is 84.2 cm³/mol. The Hall–Kier alpha value is -1.02. The van der Waals surface area contributed by atoms with Crippen LogP contribution in [-0.2, 0) is 23.7 Å². The van der Waals surface area contributed by atoms with Crippen molar-refractivity contribution in [3.05, 3.63) is 12.2 Å². The number of aliphatic carboxylic acids is 1. The van der Waals surface area contributed by atoms with E-state index in [4.69, 9.17) is 18.9 Å². The molecule has 0 spiro atoms. The average Bonchev–Trinajstić information content (AvgIpc) is 2.53. The molecule has 2 unspecified atom stereocenters. The molecule has 6 nitrogen and oxygen atoms in total. The molecule has 0 saturated carbocycles. The topological polar surface area (TPSA) is 74.2 Å². The van der Waals surface area contributed by atoms with Gasteiger partial charge in [0.2, 0.25) is 0 Å². The lowest BCUT2D eigenvalue weighted by atomic mass is 9.92. The summed E-state index contributed by atoms with van der Waals surface area (Å²) in [6, 6.07) is 0. The van der Waals surface area contributed by atoms with Crippen molar-refractivity contribution in [3.63, 3.8) is 0 Å². The molecule has 2 aliphatic rings. The summed E-state index contributed by atoms with van der Waals surface area (Å²) in [6.07, 6.45) is 3.47. The number of halogens is 1. The highest BCUT2D eigenvalue weighted by Crippen LogP contribution is 2.32. The van der Waals surface area contributed by atoms with Gasteiger partial charge in [0.1, 0.15) is 12.1 Å². The van der Waals surface area contributed by atoms with Crippen molar-refractivity contribution in [2.45, 2.75) is 57.3 Å². The highest BCUT2D eigenvalue weighted by atomic mass is 19.1. The van der Waals surface area contributed by atoms with Crippen molar-refractivity contribution >= 4 is 5.97 Å². The van der Waals surface area contributed by atoms with E-state index in [-0.39, 0.29) is 12.8 Å². The Morgan fingerprint density at radius 1 is 1.12 bits per heavy atom. The van der Waals surface area contributed by atoms with Crippen LogP contribution in [0.2, 0.25) is 0 Å². The van der Waals surface area contributed by atoms with Crippen LogP contribution in [0.1, 0.15) is 39.5 Å². The van der Waals surface area contributed by atoms with E-state index in [9.17, 15) is 14.3 Å². The lowest BCUT2D eigenvalue weighted by Gasteiger charge is -2.38. The van der Waals surface area contributed by atoms with Gasteiger partial charge >= 0.3 is 5.97 Å². The molecule has 2 rings (SSSR count). The Morgan fingerprint density at radius 2 is 1.67 bits per heavy atom. The molecule has 0 aromatic carbocycles. The lowest BCUT2D eigenvalue weighted by Crippen LogP contribution is -2.48. The minimum absolute atomic E-state index is 0.0855. The Morgan fingerprint density at radius 3 is 2.21 bits per heavy atom. The Balaban J connectivity index is 1.88. The molecule has 138 valence electrons. The Labute approximate surface area is 141 Å². The standard InChI is InChI=1S/C17H27FO6/c1-16(21-8-4-9-22-16)7-3-6-13(18)12-14(15(19)20)17(2)23-10-5-11-24-17/h3,7,13-14H,4-6,8-12H2,1-2H3,(H,19,20). The lowest BCUT2D eigenvalue weighted by molar-refractivity contribution is -0.283. The van der Waals surface area contributed by atoms with E-state index in [0.717, 1.165) is 6.42 Å². The van der Waals surface area contributed by atoms with Crippen LogP contribution in [0.4, 0.5) is 4.39 Å². The number of hydrogen-bond acceptors (Lipinski definition) is 5. The molecule has 24 heavy (non-hydrogen) atoms. The van der Waals surface area contributed by atoms with Gasteiger partial charge in [-0.15, -0.1) is 0 Å². The average molecular weight is 346 g/mol. The summed E-state index contributed by atoms with van der Waals surface area (Å²) in [5.41, 5.74) is 0. The molecular formula is C17H27FO6. The molecule has 1 N–H and O–H groups in total. The van der Waals surface area contributed by atoms with Crippen LogP contribution in [-0.4, -0.2) is 55.2 Å². The quantitative estimate of drug-likeness (QED) is 0.715. The van der Waals surface area contributed by atoms with Crippen LogP contribution >= 0.6 is 0 Å². The van der Waals surface area contributed by atoms with Gasteiger partial charge in [0.15, 0.2) is 11.6 Å². The van der Waals surface area contributed by atoms with Crippen LogP contribution in [0.15, 0.2) is 12.2 Å². The van der Waals surface area contributed by atoms with E-state index in [0.29, 0.717) is 32.8 Å². The summed E-state index contributed by atoms with van der Waals surface area (Å²) >= 11 is 0. The van der Waals surface area contributed by atoms with Crippen LogP contribution in [0.25, 0.3) is 0 Å². The molecule has 2 fully saturated rings. The van der Waals surface area contributed by atoms with Gasteiger partial charge in [-0.3, -0.25) is 4.79 Å². The van der Waals surface area contributed by atoms with Crippen LogP contribution in [0.5, 0.6) is 0 Å². The maximum Gasteiger partial charge on any atom is 0.312 e. The van der Waals surface area contributed by atoms with Gasteiger partial charge in [0.05, 0.1) is 26.4 Å². The van der Waals surface area contributed by atoms with E-state index in [1.807, 2.05) is 0 Å². The summed E-state index contributed by atoms with van der Waals surface area (Å²) in [5.74, 6) is -4.28. The number of ether oxygens (including phenoxy) is 4. The SMILES string of the molecule is CC1(C=CCC(F)CC(C(=O)O)C2(C)OCCCO2)OCCCO1. The molecule has 7 heteroatoms. The highest BCUT2D eigenvalue weighted by molar-refractivity contribution is 5.71. The second-order valence-electron chi connectivity index (χ2n) is 6.49. The van der Waals surface area contributed by atoms with Gasteiger partial charge in [-0.25, -0.2) is 4.39 Å². The molecule has 0 radical (unpaired) electrons. The normalized spacial score (nSPS) is 26.1. The van der Waals surface area contributed by atoms with E-state index in [1.54, 1.807) is 26.0 Å². The van der Waals surface area contributed by atoms with E-state index in [1.165, 1.54) is 0 Å². The molecule has 0 aromatic rings. The van der Waals surface area contributed by atoms with Crippen molar-refractivity contribution in [3.8, 4) is 0 Å². The fourth-order valence-corrected chi connectivity index (χ4v) is 2.92. The van der Waals surface area contributed by atoms with Crippen molar-refractivity contribution < 1.29 is 33.2 Å². The number of carboxylic acid groups (broad SMARTS) is 1. The van der Waals surface area contributed by atoms with Gasteiger partial charge in [-0.2, -0.15) is 0 Å². The maximum atomic E-state index is 14.3. The maximum absolute atomic E-state index is 14.3. The third kappa shape index (κ3) is 5.24. The van der Waals surface area contributed by atoms with Gasteiger partial charge in [0, 0.05) is 0 Å². The highest BCUT2D eigenvalue weighted by Gasteiger charge is 2.44. The summed E-state index contributed by atoms with van der Waals surface area (Å²) in [6.45, 7) is 5.40. The monoisotopic (exact) mass is 346 g/mol. The number of rotatable bonds is 7. The van der Waals surface area contributed by atoms with Gasteiger partial charge < -0.3 is 24.1 Å². The second-order valence-corrected chi connectivity index (χ2v) is 6.49. The zero-order valence-corrected chi connectivity index (χ0v) is 14.3. The molecule has 0 aromatic heterocycles. The first-order chi connectivity index (χ1) is 11.3. The first-order valence-electron chi connectivity index (χ1n) is 8.45. The molecular weight excluding hydrogens is 319 g/mol. The first kappa shape index (κ1) is 19.3. The molecule has 2 atom stereocenters. The first-order valence-corrected chi connectivity index (χ1v) is 8.45. The predicted octanol–water partition coefficient (Wildman–Crippen LogP) is 2.67. The van der Waals surface area contributed by atoms with Crippen LogP contribution in [0, 0.1) is 5.92 Å². The Bertz CT molecular complexity index is 440. The van der Waals surface area contributed by atoms with Crippen molar-refractivity contribution in [2.75, 3.05) is 26.4 Å². The molecule has 0 bridgehead atoms. The van der Waals surface area contributed by atoms with Gasteiger partial charge in [0.25, 0.3) is 0 Å². The summed E-state index contributed by atoms with van der Waals surface area (Å²) in [4.78, 5) is 11.5. The van der Waals surface area contributed by atoms with Crippen LogP contribution in [0.3, 0.4) is 0 Å². The van der Waals surface area contributed by atoms with E-state index in [2.05, 4.69) is 0 Å². The van der Waals surface area contributed by atoms with Crippen molar-refractivity contribution in [1.82, 2.24) is 0 Å². The van der Waals surface area contributed by atoms with Gasteiger partial charge in [-0.05, 0) is 45.6 Å². The fraction of sp³-hybridized carbons (Fsp3) is 0.824. The zero-order chi connectivity index (χ0) is 17.6. The molecule has 0 amide bonds. The van der Waals surface area contributed by atoms with Gasteiger partial charge in [-0.1, -0.05) is 6.08 Å². The number of hydrogen-bond donors (Lipinski definition) is 1. The smallest absolute Gasteiger partial charge is 0.312 e. The Kier molecular flexibility index (Phi) is 6.74. The fourth-order valence-electron chi connectivity index (χ4n) is 2.92. The van der Waals surface area contributed by atoms with E-state index < -0.39 is 29.6 Å². The minimum atomic E-state index is -1.32. The van der Waals surface area contributed by atoms with E-state index >= 15 is 0 Å². The molecule has 2 aliphatic heterocycles. The van der Waals surface area contributed by atoms with Crippen LogP contribution < -0.4 is 0 Å². The third-order valence-electron chi connectivity index (χ3n) is 4.37. The third-order valence-corrected chi connectivity index (χ3v) is 4.37. The zero-order valence-electron chi connectivity index (χ0n) is 14.3. The number of alkyl halides is 1. The number of carboxylic acids is 1. The van der Waals surface area contributed by atoms with Crippen molar-refractivity contribution in [1.29, 1.82) is 0 Å². The van der Waals surface area contributed by atoms with Crippen molar-refractivity contribution in [2.24, 2.45) is 5.92 Å². The second kappa shape index (κ2) is 8.38. The summed E-state index contributed by atoms with van der Waals surface area (Å²) < 4.78 is 36.3. The molecule has 2 heterocycles. The number of carbonyl (C=O) groups is 1. The molecule has 0 aliphatic carbocycles. The molecule has 2 saturated heterocycles. The largest absolute Gasteiger partial charge is 0.481 e.